The Morgan fingerprint density at radius 3 is 1.29 bits per heavy atom. The fourth-order valence-corrected chi connectivity index (χ4v) is 7.43. The number of likely N-dealkylation sites (tertiary alicyclic amines) is 2. The molecule has 0 radical (unpaired) electrons. The van der Waals surface area contributed by atoms with Gasteiger partial charge in [-0.15, -0.1) is 0 Å². The second kappa shape index (κ2) is 15.4. The molecule has 11 heteroatoms. The van der Waals surface area contributed by atoms with Crippen molar-refractivity contribution < 1.29 is 33.8 Å². The summed E-state index contributed by atoms with van der Waals surface area (Å²) in [6.45, 7) is 3.70. The summed E-state index contributed by atoms with van der Waals surface area (Å²) in [7, 11) is 0. The molecule has 2 fully saturated rings. The number of carbonyl (C=O) groups excluding carboxylic acids is 4. The maximum absolute atomic E-state index is 13.4. The zero-order valence-electron chi connectivity index (χ0n) is 30.8. The number of aliphatic hydroxyl groups is 2. The number of nitrogens with one attached hydrogen (secondary N) is 2. The van der Waals surface area contributed by atoms with Crippen LogP contribution in [0.4, 0.5) is 11.4 Å². The van der Waals surface area contributed by atoms with Crippen LogP contribution in [0.3, 0.4) is 0 Å². The van der Waals surface area contributed by atoms with Crippen molar-refractivity contribution >= 4 is 35.0 Å². The molecule has 3 heterocycles. The van der Waals surface area contributed by atoms with Gasteiger partial charge in [-0.3, -0.25) is 19.2 Å². The summed E-state index contributed by atoms with van der Waals surface area (Å²) in [6.07, 6.45) is 2.33. The molecule has 0 spiro atoms. The van der Waals surface area contributed by atoms with Gasteiger partial charge in [0.1, 0.15) is 23.6 Å². The van der Waals surface area contributed by atoms with E-state index in [1.807, 2.05) is 48.5 Å². The van der Waals surface area contributed by atoms with Gasteiger partial charge in [-0.1, -0.05) is 60.7 Å². The molecule has 55 heavy (non-hydrogen) atoms. The molecule has 4 atom stereocenters. The molecule has 282 valence electrons. The lowest BCUT2D eigenvalue weighted by atomic mass is 9.94. The van der Waals surface area contributed by atoms with E-state index in [0.29, 0.717) is 72.8 Å². The van der Waals surface area contributed by atoms with Gasteiger partial charge < -0.3 is 35.1 Å². The first kappa shape index (κ1) is 37.3. The molecule has 11 nitrogen and oxygen atoms in total. The Bertz CT molecular complexity index is 2010. The van der Waals surface area contributed by atoms with Crippen molar-refractivity contribution in [2.75, 3.05) is 23.7 Å². The summed E-state index contributed by atoms with van der Waals surface area (Å²) in [4.78, 5) is 56.4. The molecule has 4 amide bonds. The van der Waals surface area contributed by atoms with Crippen molar-refractivity contribution in [1.82, 2.24) is 9.80 Å². The standard InChI is InChI=1S/C44H44N4O7/c1-43(53,31-11-5-3-6-12-31)41(51)47-27-9-15-35(47)39(49)45-33-21-17-29(18-22-33)37-25-26-38(55-37)30-19-23-34(24-20-30)46-40(50)36-16-10-28-48(36)42(52)44(2,54)32-13-7-4-8-14-32/h3-8,11-14,17-26,35-36,53-54H,9-10,15-16,27-28H2,1-2H3,(H,45,49)(H,46,50)/t35-,36-,43-,44?/m0/s1. The average molecular weight is 741 g/mol. The minimum absolute atomic E-state index is 0.312. The average Bonchev–Trinajstić information content (AvgIpc) is 4.01. The SMILES string of the molecule is CC(O)(C(=O)N1CCC[C@H]1C(=O)Nc1ccc(-c2ccc(-c3ccc(NC(=O)[C@@H]4CCCN4C(=O)[C@@](C)(O)c4ccccc4)cc3)o2)cc1)c1ccccc1. The Kier molecular flexibility index (Phi) is 10.4. The molecule has 0 bridgehead atoms. The molecular formula is C44H44N4O7. The number of furan rings is 1. The molecule has 0 saturated carbocycles. The van der Waals surface area contributed by atoms with Crippen LogP contribution in [0, 0.1) is 0 Å². The Balaban J connectivity index is 0.950. The molecule has 2 aliphatic rings. The minimum atomic E-state index is -1.75. The normalized spacial score (nSPS) is 19.0. The van der Waals surface area contributed by atoms with Crippen molar-refractivity contribution in [3.8, 4) is 22.6 Å². The molecule has 4 N–H and O–H groups in total. The summed E-state index contributed by atoms with van der Waals surface area (Å²) >= 11 is 0. The topological polar surface area (TPSA) is 152 Å². The van der Waals surface area contributed by atoms with Gasteiger partial charge in [0.2, 0.25) is 11.8 Å². The molecule has 2 aliphatic heterocycles. The third-order valence-corrected chi connectivity index (χ3v) is 10.6. The minimum Gasteiger partial charge on any atom is -0.456 e. The van der Waals surface area contributed by atoms with Gasteiger partial charge in [-0.25, -0.2) is 0 Å². The highest BCUT2D eigenvalue weighted by molar-refractivity contribution is 6.00. The number of hydrogen-bond donors (Lipinski definition) is 4. The van der Waals surface area contributed by atoms with Crippen molar-refractivity contribution in [2.45, 2.75) is 62.8 Å². The van der Waals surface area contributed by atoms with E-state index in [2.05, 4.69) is 10.6 Å². The maximum Gasteiger partial charge on any atom is 0.259 e. The van der Waals surface area contributed by atoms with Crippen LogP contribution in [0.15, 0.2) is 126 Å². The second-order valence-corrected chi connectivity index (χ2v) is 14.5. The number of benzene rings is 4. The van der Waals surface area contributed by atoms with E-state index < -0.39 is 35.1 Å². The lowest BCUT2D eigenvalue weighted by Gasteiger charge is -2.31. The van der Waals surface area contributed by atoms with E-state index >= 15 is 0 Å². The van der Waals surface area contributed by atoms with Crippen LogP contribution in [0.5, 0.6) is 0 Å². The summed E-state index contributed by atoms with van der Waals surface area (Å²) in [5.74, 6) is -0.380. The van der Waals surface area contributed by atoms with E-state index in [1.54, 1.807) is 72.8 Å². The van der Waals surface area contributed by atoms with E-state index in [9.17, 15) is 29.4 Å². The summed E-state index contributed by atoms with van der Waals surface area (Å²) < 4.78 is 6.17. The third kappa shape index (κ3) is 7.67. The van der Waals surface area contributed by atoms with Crippen LogP contribution < -0.4 is 10.6 Å². The molecule has 0 aliphatic carbocycles. The fraction of sp³-hybridized carbons (Fsp3) is 0.273. The van der Waals surface area contributed by atoms with Crippen LogP contribution in [0.1, 0.15) is 50.7 Å². The number of anilines is 2. The van der Waals surface area contributed by atoms with Crippen molar-refractivity contribution in [2.24, 2.45) is 0 Å². The quantitative estimate of drug-likeness (QED) is 0.131. The number of carbonyl (C=O) groups is 4. The third-order valence-electron chi connectivity index (χ3n) is 10.6. The highest BCUT2D eigenvalue weighted by atomic mass is 16.3. The van der Waals surface area contributed by atoms with E-state index in [1.165, 1.54) is 23.6 Å². The van der Waals surface area contributed by atoms with Crippen LogP contribution in [0.25, 0.3) is 22.6 Å². The number of nitrogens with zero attached hydrogens (tertiary/aromatic N) is 2. The van der Waals surface area contributed by atoms with Crippen molar-refractivity contribution in [3.63, 3.8) is 0 Å². The summed E-state index contributed by atoms with van der Waals surface area (Å²) in [5.41, 5.74) is 0.180. The monoisotopic (exact) mass is 740 g/mol. The fourth-order valence-electron chi connectivity index (χ4n) is 7.43. The number of hydrogen-bond acceptors (Lipinski definition) is 7. The van der Waals surface area contributed by atoms with Gasteiger partial charge in [0.25, 0.3) is 11.8 Å². The van der Waals surface area contributed by atoms with Crippen molar-refractivity contribution in [3.05, 3.63) is 132 Å². The first-order chi connectivity index (χ1) is 26.4. The van der Waals surface area contributed by atoms with Gasteiger partial charge >= 0.3 is 0 Å². The first-order valence-corrected chi connectivity index (χ1v) is 18.5. The predicted molar refractivity (Wildman–Crippen MR) is 208 cm³/mol. The summed E-state index contributed by atoms with van der Waals surface area (Å²) in [5, 5.41) is 28.1. The van der Waals surface area contributed by atoms with Crippen LogP contribution in [-0.4, -0.2) is 68.8 Å². The van der Waals surface area contributed by atoms with Crippen LogP contribution in [0.2, 0.25) is 0 Å². The van der Waals surface area contributed by atoms with Gasteiger partial charge in [0.15, 0.2) is 11.2 Å². The first-order valence-electron chi connectivity index (χ1n) is 18.5. The Morgan fingerprint density at radius 1 is 0.564 bits per heavy atom. The largest absolute Gasteiger partial charge is 0.456 e. The zero-order chi connectivity index (χ0) is 38.7. The smallest absolute Gasteiger partial charge is 0.259 e. The van der Waals surface area contributed by atoms with Crippen LogP contribution in [-0.2, 0) is 30.4 Å². The molecule has 5 aromatic rings. The molecule has 4 aromatic carbocycles. The molecule has 1 aromatic heterocycles. The number of amides is 4. The lowest BCUT2D eigenvalue weighted by Crippen LogP contribution is -2.50. The van der Waals surface area contributed by atoms with Gasteiger partial charge in [0.05, 0.1) is 0 Å². The predicted octanol–water partition coefficient (Wildman–Crippen LogP) is 6.29. The Hall–Kier alpha value is -6.04. The van der Waals surface area contributed by atoms with E-state index in [4.69, 9.17) is 4.42 Å². The zero-order valence-corrected chi connectivity index (χ0v) is 30.8. The van der Waals surface area contributed by atoms with E-state index in [-0.39, 0.29) is 11.8 Å². The Morgan fingerprint density at radius 2 is 0.927 bits per heavy atom. The van der Waals surface area contributed by atoms with Crippen molar-refractivity contribution in [1.29, 1.82) is 0 Å². The lowest BCUT2D eigenvalue weighted by molar-refractivity contribution is -0.153. The highest BCUT2D eigenvalue weighted by Crippen LogP contribution is 2.33. The molecule has 1 unspecified atom stereocenters. The summed E-state index contributed by atoms with van der Waals surface area (Å²) in [6, 6.07) is 34.2. The van der Waals surface area contributed by atoms with E-state index in [0.717, 1.165) is 11.1 Å². The molecular weight excluding hydrogens is 697 g/mol. The van der Waals surface area contributed by atoms with Gasteiger partial charge in [-0.2, -0.15) is 0 Å². The van der Waals surface area contributed by atoms with Gasteiger partial charge in [0, 0.05) is 35.6 Å². The van der Waals surface area contributed by atoms with Crippen LogP contribution >= 0.6 is 0 Å². The number of rotatable bonds is 10. The highest BCUT2D eigenvalue weighted by Gasteiger charge is 2.44. The van der Waals surface area contributed by atoms with Gasteiger partial charge in [-0.05, 0) is 111 Å². The Labute approximate surface area is 319 Å². The molecule has 7 rings (SSSR count). The second-order valence-electron chi connectivity index (χ2n) is 14.5. The maximum atomic E-state index is 13.4. The molecule has 2 saturated heterocycles.